The van der Waals surface area contributed by atoms with Crippen molar-refractivity contribution in [3.05, 3.63) is 116 Å². The number of hydrogen-bond donors (Lipinski definition) is 5. The zero-order valence-electron chi connectivity index (χ0n) is 67.2. The fraction of sp³-hybridized carbons (Fsp3) is 0.583. The van der Waals surface area contributed by atoms with Crippen LogP contribution >= 0.6 is 11.8 Å². The number of phenolic OH excluding ortho intramolecular Hbond substituents is 5. The van der Waals surface area contributed by atoms with Gasteiger partial charge in [-0.3, -0.25) is 0 Å². The molecule has 0 fully saturated rings. The van der Waals surface area contributed by atoms with Crippen molar-refractivity contribution >= 4 is 23.3 Å². The van der Waals surface area contributed by atoms with Gasteiger partial charge in [0.1, 0.15) is 58.1 Å². The van der Waals surface area contributed by atoms with Crippen LogP contribution in [-0.4, -0.2) is 69.2 Å². The number of aliphatic imine (C=N–C) groups is 2. The molecule has 1 aliphatic rings. The zero-order valence-corrected chi connectivity index (χ0v) is 68.1. The number of amidine groups is 1. The van der Waals surface area contributed by atoms with Crippen LogP contribution in [0.25, 0.3) is 0 Å². The molecule has 0 aliphatic carbocycles. The average molecular weight is 1410 g/mol. The third-order valence-corrected chi connectivity index (χ3v) is 18.6. The summed E-state index contributed by atoms with van der Waals surface area (Å²) >= 11 is 1.63. The van der Waals surface area contributed by atoms with Gasteiger partial charge in [-0.05, 0) is 121 Å². The Labute approximate surface area is 610 Å². The van der Waals surface area contributed by atoms with Gasteiger partial charge in [0.15, 0.2) is 10.9 Å². The molecule has 0 bridgehead atoms. The molecular weight excluding hydrogens is 1290 g/mol. The Balaban J connectivity index is 0.000000321. The summed E-state index contributed by atoms with van der Waals surface area (Å²) < 4.78 is 25.8. The van der Waals surface area contributed by atoms with Gasteiger partial charge >= 0.3 is 24.4 Å². The number of hydroxylamine groups is 2. The highest BCUT2D eigenvalue weighted by Gasteiger charge is 2.35. The summed E-state index contributed by atoms with van der Waals surface area (Å²) in [6, 6.07) is 18.1. The summed E-state index contributed by atoms with van der Waals surface area (Å²) in [5.74, 6) is 4.61. The van der Waals surface area contributed by atoms with Crippen LogP contribution in [0, 0.1) is 0 Å². The van der Waals surface area contributed by atoms with E-state index in [-0.39, 0.29) is 62.7 Å². The number of nitrogens with zero attached hydrogens (tertiary/aromatic N) is 6. The van der Waals surface area contributed by atoms with E-state index in [2.05, 4.69) is 110 Å². The Bertz CT molecular complexity index is 3530. The maximum absolute atomic E-state index is 11.4. The molecule has 5 aromatic carbocycles. The second kappa shape index (κ2) is 30.5. The number of ether oxygens (including phenoxy) is 4. The molecule has 0 saturated carbocycles. The third kappa shape index (κ3) is 21.8. The molecule has 1 unspecified atom stereocenters. The van der Waals surface area contributed by atoms with Gasteiger partial charge in [-0.1, -0.05) is 259 Å². The molecule has 1 aliphatic heterocycles. The first kappa shape index (κ1) is 82.6. The maximum Gasteiger partial charge on any atom is 0.331 e. The molecule has 0 amide bonds. The Kier molecular flexibility index (Phi) is 24.9. The predicted molar refractivity (Wildman–Crippen MR) is 416 cm³/mol. The lowest BCUT2D eigenvalue weighted by molar-refractivity contribution is -0.0923. The van der Waals surface area contributed by atoms with Crippen molar-refractivity contribution in [3.63, 3.8) is 0 Å². The first-order valence-electron chi connectivity index (χ1n) is 36.0. The lowest BCUT2D eigenvalue weighted by Crippen LogP contribution is -2.42. The van der Waals surface area contributed by atoms with Crippen LogP contribution in [-0.2, 0) is 54.1 Å². The topological polar surface area (TPSA) is 214 Å². The summed E-state index contributed by atoms with van der Waals surface area (Å²) in [6.07, 6.45) is 8.15. The summed E-state index contributed by atoms with van der Waals surface area (Å²) in [5.41, 5.74) is 3.89. The van der Waals surface area contributed by atoms with Crippen molar-refractivity contribution in [1.82, 2.24) is 20.0 Å². The van der Waals surface area contributed by atoms with E-state index in [1.807, 2.05) is 149 Å². The van der Waals surface area contributed by atoms with Crippen LogP contribution in [0.4, 0.5) is 0 Å². The molecular formula is C84H124N6O10S. The molecule has 556 valence electrons. The molecule has 0 radical (unpaired) electrons. The number of benzene rings is 5. The smallest absolute Gasteiger partial charge is 0.331 e. The highest BCUT2D eigenvalue weighted by molar-refractivity contribution is 8.13. The molecule has 7 rings (SSSR count). The minimum absolute atomic E-state index is 0.0860. The number of aromatic hydroxyl groups is 5. The summed E-state index contributed by atoms with van der Waals surface area (Å²) in [7, 11) is 0. The highest BCUT2D eigenvalue weighted by Crippen LogP contribution is 2.49. The third-order valence-electron chi connectivity index (χ3n) is 17.6. The number of rotatable bonds is 17. The maximum atomic E-state index is 11.4. The van der Waals surface area contributed by atoms with Crippen molar-refractivity contribution in [2.75, 3.05) is 5.75 Å². The molecule has 0 saturated heterocycles. The first-order valence-corrected chi connectivity index (χ1v) is 36.9. The fourth-order valence-corrected chi connectivity index (χ4v) is 12.5. The minimum atomic E-state index is -0.866. The summed E-state index contributed by atoms with van der Waals surface area (Å²) in [4.78, 5) is 29.8. The van der Waals surface area contributed by atoms with Crippen molar-refractivity contribution < 1.29 is 49.3 Å². The lowest BCUT2D eigenvalue weighted by Gasteiger charge is -2.32. The quantitative estimate of drug-likeness (QED) is 0.0537. The molecule has 2 heterocycles. The van der Waals surface area contributed by atoms with E-state index < -0.39 is 38.8 Å². The van der Waals surface area contributed by atoms with Crippen molar-refractivity contribution in [3.8, 4) is 75.5 Å². The van der Waals surface area contributed by atoms with E-state index in [0.717, 1.165) is 34.4 Å². The second-order valence-electron chi connectivity index (χ2n) is 37.5. The lowest BCUT2D eigenvalue weighted by atomic mass is 9.79. The normalized spacial score (nSPS) is 14.5. The summed E-state index contributed by atoms with van der Waals surface area (Å²) in [5, 5.41) is 58.8. The van der Waals surface area contributed by atoms with Crippen LogP contribution in [0.3, 0.4) is 0 Å². The zero-order chi connectivity index (χ0) is 76.5. The van der Waals surface area contributed by atoms with Gasteiger partial charge in [-0.2, -0.15) is 4.99 Å². The molecule has 5 N–H and O–H groups in total. The van der Waals surface area contributed by atoms with Crippen LogP contribution < -0.4 is 23.8 Å². The van der Waals surface area contributed by atoms with Gasteiger partial charge in [0.25, 0.3) is 0 Å². The Morgan fingerprint density at radius 3 is 0.832 bits per heavy atom. The van der Waals surface area contributed by atoms with Crippen molar-refractivity contribution in [2.45, 2.75) is 314 Å². The van der Waals surface area contributed by atoms with Gasteiger partial charge < -0.3 is 49.3 Å². The Morgan fingerprint density at radius 2 is 0.574 bits per heavy atom. The average Bonchev–Trinajstić information content (AvgIpc) is 0.810. The van der Waals surface area contributed by atoms with Gasteiger partial charge in [0.2, 0.25) is 0 Å². The Hall–Kier alpha value is -7.40. The summed E-state index contributed by atoms with van der Waals surface area (Å²) in [6.45, 7) is 63.8. The molecule has 17 heteroatoms. The fourth-order valence-electron chi connectivity index (χ4n) is 11.7. The SMILES string of the molecule is CC(C)(C)c1cc(Oc2nc(Oc3cc(C(C)(C)C)c(O)c(C(C)(C)C)c3)nc(Oc3cc(C(C)(C)C)c(O)c(C(C)(C)C)c3)n2)cc(C(C)(C)C)c1O.CCCCCCCCSC1=NC(Oc2cc(C(C)(C)C)c(O)c(C(C)(C)C)c2)N(Oc2cc(C(C)(C)C)c(O)c(C(C)(C)C)c2)C=N1. The van der Waals surface area contributed by atoms with Crippen LogP contribution in [0.1, 0.15) is 309 Å². The van der Waals surface area contributed by atoms with Crippen LogP contribution in [0.15, 0.2) is 70.6 Å². The molecule has 16 nitrogen and oxygen atoms in total. The standard InChI is InChI=1S/C45H63N3O6.C39H61N3O4S/c1-40(2,3)28-19-25(20-29(34(28)49)41(4,5)6)52-37-46-38(53-26-21-30(42(7,8)9)35(50)31(22-26)43(10,11)12)48-39(47-37)54-27-23-32(44(13,14)15)36(51)33(24-27)45(16,17)18;1-14-15-16-17-18-19-20-47-34-40-25-42(46-27-23-30(38(8,9)10)33(44)31(24-27)39(11,12)13)35(41-34)45-26-21-28(36(2,3)4)32(43)29(22-26)37(5,6)7/h19-24,49-51H,1-18H3;21-25,35,43-44H,14-20H2,1-13H3. The predicted octanol–water partition coefficient (Wildman–Crippen LogP) is 22.9. The largest absolute Gasteiger partial charge is 0.507 e. The molecule has 1 atom stereocenters. The van der Waals surface area contributed by atoms with E-state index in [0.29, 0.717) is 73.0 Å². The van der Waals surface area contributed by atoms with Gasteiger partial charge in [0.05, 0.1) is 0 Å². The first-order chi connectivity index (χ1) is 45.9. The van der Waals surface area contributed by atoms with E-state index in [1.165, 1.54) is 37.2 Å². The molecule has 6 aromatic rings. The molecule has 0 spiro atoms. The van der Waals surface area contributed by atoms with Gasteiger partial charge in [-0.15, -0.1) is 20.0 Å². The van der Waals surface area contributed by atoms with E-state index in [4.69, 9.17) is 28.8 Å². The number of aromatic nitrogens is 3. The number of unbranched alkanes of at least 4 members (excludes halogenated alkanes) is 5. The van der Waals surface area contributed by atoms with Crippen LogP contribution in [0.2, 0.25) is 0 Å². The molecule has 101 heavy (non-hydrogen) atoms. The van der Waals surface area contributed by atoms with Crippen LogP contribution in [0.5, 0.6) is 75.5 Å². The number of hydrogen-bond acceptors (Lipinski definition) is 17. The molecule has 1 aromatic heterocycles. The monoisotopic (exact) mass is 1410 g/mol. The van der Waals surface area contributed by atoms with E-state index in [9.17, 15) is 25.5 Å². The van der Waals surface area contributed by atoms with Gasteiger partial charge in [-0.25, -0.2) is 4.99 Å². The number of phenols is 5. The van der Waals surface area contributed by atoms with Gasteiger partial charge in [0, 0.05) is 61.4 Å². The highest BCUT2D eigenvalue weighted by atomic mass is 32.2. The van der Waals surface area contributed by atoms with Crippen molar-refractivity contribution in [2.24, 2.45) is 9.98 Å². The number of thioether (sulfide) groups is 1. The Morgan fingerprint density at radius 1 is 0.337 bits per heavy atom. The minimum Gasteiger partial charge on any atom is -0.507 e. The van der Waals surface area contributed by atoms with Crippen molar-refractivity contribution in [1.29, 1.82) is 0 Å². The second-order valence-corrected chi connectivity index (χ2v) is 38.6. The van der Waals surface area contributed by atoms with E-state index in [1.54, 1.807) is 54.5 Å². The van der Waals surface area contributed by atoms with E-state index >= 15 is 0 Å².